The number of anilines is 1. The van der Waals surface area contributed by atoms with Crippen molar-refractivity contribution in [1.29, 1.82) is 5.26 Å². The molecule has 0 spiro atoms. The molecule has 1 amide bonds. The quantitative estimate of drug-likeness (QED) is 0.902. The van der Waals surface area contributed by atoms with Crippen LogP contribution in [0.3, 0.4) is 0 Å². The second-order valence-corrected chi connectivity index (χ2v) is 3.38. The van der Waals surface area contributed by atoms with E-state index in [9.17, 15) is 4.79 Å². The van der Waals surface area contributed by atoms with Crippen LogP contribution in [0.1, 0.15) is 15.9 Å². The summed E-state index contributed by atoms with van der Waals surface area (Å²) in [6.07, 6.45) is 3.11. The summed E-state index contributed by atoms with van der Waals surface area (Å²) in [5.74, 6) is -0.220. The van der Waals surface area contributed by atoms with E-state index in [1.165, 1.54) is 0 Å². The first kappa shape index (κ1) is 13.7. The van der Waals surface area contributed by atoms with Gasteiger partial charge in [0.1, 0.15) is 0 Å². The van der Waals surface area contributed by atoms with E-state index in [2.05, 4.69) is 10.3 Å². The average molecular weight is 260 g/mol. The van der Waals surface area contributed by atoms with Crippen molar-refractivity contribution >= 4 is 24.0 Å². The number of carbonyl (C=O) groups is 1. The van der Waals surface area contributed by atoms with Gasteiger partial charge in [-0.3, -0.25) is 9.78 Å². The molecule has 90 valence electrons. The fraction of sp³-hybridized carbons (Fsp3) is 0. The normalized spacial score (nSPS) is 8.83. The zero-order valence-electron chi connectivity index (χ0n) is 9.33. The van der Waals surface area contributed by atoms with Gasteiger partial charge in [0, 0.05) is 23.6 Å². The molecule has 1 N–H and O–H groups in total. The lowest BCUT2D eigenvalue weighted by Crippen LogP contribution is -2.11. The summed E-state index contributed by atoms with van der Waals surface area (Å²) >= 11 is 0. The van der Waals surface area contributed by atoms with Gasteiger partial charge in [-0.05, 0) is 30.3 Å². The van der Waals surface area contributed by atoms with E-state index >= 15 is 0 Å². The number of pyridine rings is 1. The third-order valence-corrected chi connectivity index (χ3v) is 2.19. The van der Waals surface area contributed by atoms with Gasteiger partial charge in [-0.2, -0.15) is 5.26 Å². The number of rotatable bonds is 2. The number of halogens is 1. The number of hydrogen-bond acceptors (Lipinski definition) is 3. The molecule has 0 aliphatic carbocycles. The monoisotopic (exact) mass is 259 g/mol. The molecule has 0 fully saturated rings. The van der Waals surface area contributed by atoms with Crippen LogP contribution >= 0.6 is 12.4 Å². The van der Waals surface area contributed by atoms with Gasteiger partial charge in [-0.1, -0.05) is 6.07 Å². The molecule has 5 heteroatoms. The van der Waals surface area contributed by atoms with Gasteiger partial charge in [0.2, 0.25) is 0 Å². The minimum absolute atomic E-state index is 0. The van der Waals surface area contributed by atoms with E-state index in [-0.39, 0.29) is 18.3 Å². The molecule has 1 heterocycles. The zero-order valence-corrected chi connectivity index (χ0v) is 10.1. The number of carbonyl (C=O) groups excluding carboxylic acids is 1. The largest absolute Gasteiger partial charge is 0.322 e. The molecule has 1 aromatic carbocycles. The van der Waals surface area contributed by atoms with E-state index in [4.69, 9.17) is 5.26 Å². The predicted octanol–water partition coefficient (Wildman–Crippen LogP) is 2.63. The summed E-state index contributed by atoms with van der Waals surface area (Å²) in [7, 11) is 0. The van der Waals surface area contributed by atoms with Crippen molar-refractivity contribution in [2.75, 3.05) is 5.32 Å². The smallest absolute Gasteiger partial charge is 0.255 e. The van der Waals surface area contributed by atoms with Crippen LogP contribution in [-0.4, -0.2) is 10.9 Å². The summed E-state index contributed by atoms with van der Waals surface area (Å²) < 4.78 is 0. The molecule has 2 rings (SSSR count). The maximum absolute atomic E-state index is 11.8. The number of benzene rings is 1. The van der Waals surface area contributed by atoms with Gasteiger partial charge in [0.15, 0.2) is 0 Å². The van der Waals surface area contributed by atoms with E-state index < -0.39 is 0 Å². The fourth-order valence-corrected chi connectivity index (χ4v) is 1.37. The highest BCUT2D eigenvalue weighted by Crippen LogP contribution is 2.11. The summed E-state index contributed by atoms with van der Waals surface area (Å²) in [5.41, 5.74) is 1.64. The minimum Gasteiger partial charge on any atom is -0.322 e. The van der Waals surface area contributed by atoms with E-state index in [1.807, 2.05) is 6.07 Å². The Labute approximate surface area is 111 Å². The van der Waals surface area contributed by atoms with Crippen LogP contribution in [0.5, 0.6) is 0 Å². The zero-order chi connectivity index (χ0) is 12.1. The van der Waals surface area contributed by atoms with Gasteiger partial charge < -0.3 is 5.32 Å². The number of nitrogens with one attached hydrogen (secondary N) is 1. The van der Waals surface area contributed by atoms with Crippen LogP contribution in [0.15, 0.2) is 48.8 Å². The fourth-order valence-electron chi connectivity index (χ4n) is 1.37. The van der Waals surface area contributed by atoms with Crippen molar-refractivity contribution in [3.63, 3.8) is 0 Å². The van der Waals surface area contributed by atoms with Crippen LogP contribution in [0.25, 0.3) is 0 Å². The van der Waals surface area contributed by atoms with Gasteiger partial charge in [-0.15, -0.1) is 12.4 Å². The van der Waals surface area contributed by atoms with E-state index in [1.54, 1.807) is 48.8 Å². The van der Waals surface area contributed by atoms with E-state index in [0.717, 1.165) is 0 Å². The molecular weight excluding hydrogens is 250 g/mol. The first-order valence-corrected chi connectivity index (χ1v) is 5.01. The molecule has 1 aromatic heterocycles. The predicted molar refractivity (Wildman–Crippen MR) is 70.6 cm³/mol. The molecule has 2 aromatic rings. The van der Waals surface area contributed by atoms with Crippen molar-refractivity contribution in [2.24, 2.45) is 0 Å². The third kappa shape index (κ3) is 3.30. The first-order chi connectivity index (χ1) is 8.29. The molecule has 0 unspecified atom stereocenters. The Bertz CT molecular complexity index is 578. The van der Waals surface area contributed by atoms with Gasteiger partial charge in [0.05, 0.1) is 11.6 Å². The van der Waals surface area contributed by atoms with Crippen molar-refractivity contribution in [3.05, 3.63) is 59.9 Å². The molecule has 0 bridgehead atoms. The molecule has 0 aliphatic rings. The van der Waals surface area contributed by atoms with Gasteiger partial charge >= 0.3 is 0 Å². The maximum atomic E-state index is 11.8. The lowest BCUT2D eigenvalue weighted by atomic mass is 10.2. The standard InChI is InChI=1S/C13H9N3O.ClH/c14-9-10-2-1-3-12(8-10)16-13(17)11-4-6-15-7-5-11;/h1-8H,(H,16,17);1H. The highest BCUT2D eigenvalue weighted by Gasteiger charge is 2.05. The topological polar surface area (TPSA) is 65.8 Å². The van der Waals surface area contributed by atoms with Crippen molar-refractivity contribution in [3.8, 4) is 6.07 Å². The highest BCUT2D eigenvalue weighted by atomic mass is 35.5. The lowest BCUT2D eigenvalue weighted by Gasteiger charge is -2.04. The summed E-state index contributed by atoms with van der Waals surface area (Å²) in [6, 6.07) is 12.0. The van der Waals surface area contributed by atoms with Gasteiger partial charge in [0.25, 0.3) is 5.91 Å². The Morgan fingerprint density at radius 2 is 1.94 bits per heavy atom. The Morgan fingerprint density at radius 1 is 1.22 bits per heavy atom. The molecule has 0 aliphatic heterocycles. The Balaban J connectivity index is 0.00000162. The third-order valence-electron chi connectivity index (χ3n) is 2.19. The number of nitrogens with zero attached hydrogens (tertiary/aromatic N) is 2. The summed E-state index contributed by atoms with van der Waals surface area (Å²) in [4.78, 5) is 15.6. The molecule has 0 atom stereocenters. The molecule has 18 heavy (non-hydrogen) atoms. The van der Waals surface area contributed by atoms with Crippen molar-refractivity contribution < 1.29 is 4.79 Å². The molecular formula is C13H10ClN3O. The molecule has 0 radical (unpaired) electrons. The number of hydrogen-bond donors (Lipinski definition) is 1. The van der Waals surface area contributed by atoms with Crippen LogP contribution in [-0.2, 0) is 0 Å². The second-order valence-electron chi connectivity index (χ2n) is 3.38. The second kappa shape index (κ2) is 6.38. The minimum atomic E-state index is -0.220. The average Bonchev–Trinajstić information content (AvgIpc) is 2.40. The SMILES string of the molecule is Cl.N#Cc1cccc(NC(=O)c2ccncc2)c1. The maximum Gasteiger partial charge on any atom is 0.255 e. The Morgan fingerprint density at radius 3 is 2.61 bits per heavy atom. The molecule has 4 nitrogen and oxygen atoms in total. The summed E-state index contributed by atoms with van der Waals surface area (Å²) in [6.45, 7) is 0. The molecule has 0 saturated carbocycles. The number of nitriles is 1. The number of amides is 1. The lowest BCUT2D eigenvalue weighted by molar-refractivity contribution is 0.102. The van der Waals surface area contributed by atoms with E-state index in [0.29, 0.717) is 16.8 Å². The van der Waals surface area contributed by atoms with Crippen molar-refractivity contribution in [1.82, 2.24) is 4.98 Å². The van der Waals surface area contributed by atoms with Crippen LogP contribution in [0, 0.1) is 11.3 Å². The summed E-state index contributed by atoms with van der Waals surface area (Å²) in [5, 5.41) is 11.5. The van der Waals surface area contributed by atoms with Gasteiger partial charge in [-0.25, -0.2) is 0 Å². The van der Waals surface area contributed by atoms with Crippen molar-refractivity contribution in [2.45, 2.75) is 0 Å². The Kier molecular flexibility index (Phi) is 4.85. The highest BCUT2D eigenvalue weighted by molar-refractivity contribution is 6.04. The first-order valence-electron chi connectivity index (χ1n) is 5.01. The van der Waals surface area contributed by atoms with Crippen LogP contribution in [0.4, 0.5) is 5.69 Å². The van der Waals surface area contributed by atoms with Crippen LogP contribution in [0.2, 0.25) is 0 Å². The Hall–Kier alpha value is -2.38. The number of aromatic nitrogens is 1. The molecule has 0 saturated heterocycles. The van der Waals surface area contributed by atoms with Crippen LogP contribution < -0.4 is 5.32 Å².